The lowest BCUT2D eigenvalue weighted by Gasteiger charge is -2.24. The molecule has 1 aliphatic carbocycles. The van der Waals surface area contributed by atoms with E-state index in [4.69, 9.17) is 9.84 Å². The number of aryl methyl sites for hydroxylation is 1. The molecule has 1 fully saturated rings. The van der Waals surface area contributed by atoms with Gasteiger partial charge in [0.1, 0.15) is 5.75 Å². The summed E-state index contributed by atoms with van der Waals surface area (Å²) in [4.78, 5) is 23.1. The van der Waals surface area contributed by atoms with E-state index in [1.807, 2.05) is 24.3 Å². The summed E-state index contributed by atoms with van der Waals surface area (Å²) >= 11 is 0. The minimum absolute atomic E-state index is 0.171. The van der Waals surface area contributed by atoms with E-state index in [1.54, 1.807) is 0 Å². The number of carbonyl (C=O) groups is 2. The highest BCUT2D eigenvalue weighted by molar-refractivity contribution is 5.76. The van der Waals surface area contributed by atoms with Gasteiger partial charge in [0.2, 0.25) is 0 Å². The standard InChI is InChI=1S/C19H26O4/c1-2-3-4-5-14-6-12-17(13-7-14)23-19(22)16-10-8-15(9-11-16)18(20)21/h6-7,12-13,15-16H,2-5,8-11H2,1H3,(H,20,21). The van der Waals surface area contributed by atoms with E-state index >= 15 is 0 Å². The van der Waals surface area contributed by atoms with Gasteiger partial charge in [-0.25, -0.2) is 0 Å². The molecule has 0 amide bonds. The molecule has 0 aromatic heterocycles. The van der Waals surface area contributed by atoms with Crippen molar-refractivity contribution in [3.8, 4) is 5.75 Å². The van der Waals surface area contributed by atoms with E-state index in [2.05, 4.69) is 6.92 Å². The molecular formula is C19H26O4. The highest BCUT2D eigenvalue weighted by atomic mass is 16.5. The highest BCUT2D eigenvalue weighted by Gasteiger charge is 2.30. The quantitative estimate of drug-likeness (QED) is 0.464. The Morgan fingerprint density at radius 3 is 2.22 bits per heavy atom. The molecule has 0 bridgehead atoms. The van der Waals surface area contributed by atoms with Crippen LogP contribution in [0, 0.1) is 11.8 Å². The fourth-order valence-electron chi connectivity index (χ4n) is 3.08. The Hall–Kier alpha value is -1.84. The fraction of sp³-hybridized carbons (Fsp3) is 0.579. The number of benzene rings is 1. The number of carboxylic acid groups (broad SMARTS) is 1. The van der Waals surface area contributed by atoms with Gasteiger partial charge in [-0.1, -0.05) is 31.9 Å². The maximum atomic E-state index is 12.2. The molecule has 4 heteroatoms. The second-order valence-corrected chi connectivity index (χ2v) is 6.41. The molecule has 0 saturated heterocycles. The first-order chi connectivity index (χ1) is 11.1. The SMILES string of the molecule is CCCCCc1ccc(OC(=O)C2CCC(C(=O)O)CC2)cc1. The van der Waals surface area contributed by atoms with Crippen LogP contribution < -0.4 is 4.74 Å². The molecular weight excluding hydrogens is 292 g/mol. The zero-order valence-electron chi connectivity index (χ0n) is 13.8. The van der Waals surface area contributed by atoms with E-state index in [0.29, 0.717) is 31.4 Å². The van der Waals surface area contributed by atoms with Crippen molar-refractivity contribution in [2.75, 3.05) is 0 Å². The Morgan fingerprint density at radius 2 is 1.65 bits per heavy atom. The Labute approximate surface area is 137 Å². The number of carbonyl (C=O) groups excluding carboxylic acids is 1. The number of aliphatic carboxylic acids is 1. The summed E-state index contributed by atoms with van der Waals surface area (Å²) in [5, 5.41) is 8.99. The highest BCUT2D eigenvalue weighted by Crippen LogP contribution is 2.30. The van der Waals surface area contributed by atoms with Crippen molar-refractivity contribution in [3.63, 3.8) is 0 Å². The lowest BCUT2D eigenvalue weighted by Crippen LogP contribution is -2.28. The van der Waals surface area contributed by atoms with Gasteiger partial charge in [0.25, 0.3) is 0 Å². The second-order valence-electron chi connectivity index (χ2n) is 6.41. The van der Waals surface area contributed by atoms with Crippen LogP contribution in [0.2, 0.25) is 0 Å². The first kappa shape index (κ1) is 17.5. The minimum atomic E-state index is -0.754. The maximum Gasteiger partial charge on any atom is 0.314 e. The molecule has 1 N–H and O–H groups in total. The van der Waals surface area contributed by atoms with Gasteiger partial charge >= 0.3 is 11.9 Å². The number of hydrogen-bond donors (Lipinski definition) is 1. The summed E-state index contributed by atoms with van der Waals surface area (Å²) in [5.41, 5.74) is 1.26. The van der Waals surface area contributed by atoms with Crippen molar-refractivity contribution in [2.45, 2.75) is 58.3 Å². The average molecular weight is 318 g/mol. The van der Waals surface area contributed by atoms with Crippen LogP contribution >= 0.6 is 0 Å². The van der Waals surface area contributed by atoms with Crippen molar-refractivity contribution in [2.24, 2.45) is 11.8 Å². The van der Waals surface area contributed by atoms with Crippen LogP contribution in [0.3, 0.4) is 0 Å². The summed E-state index contributed by atoms with van der Waals surface area (Å²) in [5.74, 6) is -0.881. The second kappa shape index (κ2) is 8.70. The lowest BCUT2D eigenvalue weighted by atomic mass is 9.82. The van der Waals surface area contributed by atoms with Crippen molar-refractivity contribution >= 4 is 11.9 Å². The molecule has 0 unspecified atom stereocenters. The minimum Gasteiger partial charge on any atom is -0.481 e. The number of carboxylic acids is 1. The normalized spacial score (nSPS) is 20.9. The van der Waals surface area contributed by atoms with Gasteiger partial charge in [-0.15, -0.1) is 0 Å². The third kappa shape index (κ3) is 5.38. The van der Waals surface area contributed by atoms with Crippen LogP contribution in [-0.2, 0) is 16.0 Å². The molecule has 2 rings (SSSR count). The molecule has 1 aliphatic rings. The Morgan fingerprint density at radius 1 is 1.04 bits per heavy atom. The third-order valence-electron chi connectivity index (χ3n) is 4.62. The number of rotatable bonds is 7. The average Bonchev–Trinajstić information content (AvgIpc) is 2.56. The van der Waals surface area contributed by atoms with Crippen molar-refractivity contribution in [1.82, 2.24) is 0 Å². The fourth-order valence-corrected chi connectivity index (χ4v) is 3.08. The van der Waals surface area contributed by atoms with Crippen molar-refractivity contribution in [3.05, 3.63) is 29.8 Å². The Kier molecular flexibility index (Phi) is 6.63. The van der Waals surface area contributed by atoms with Gasteiger partial charge in [-0.2, -0.15) is 0 Å². The van der Waals surface area contributed by atoms with Crippen molar-refractivity contribution < 1.29 is 19.4 Å². The van der Waals surface area contributed by atoms with Gasteiger partial charge in [-0.3, -0.25) is 9.59 Å². The third-order valence-corrected chi connectivity index (χ3v) is 4.62. The van der Waals surface area contributed by atoms with E-state index in [0.717, 1.165) is 6.42 Å². The van der Waals surface area contributed by atoms with Gasteiger partial charge < -0.3 is 9.84 Å². The molecule has 0 heterocycles. The molecule has 23 heavy (non-hydrogen) atoms. The van der Waals surface area contributed by atoms with Gasteiger partial charge in [0.15, 0.2) is 0 Å². The molecule has 1 aromatic rings. The molecule has 4 nitrogen and oxygen atoms in total. The predicted octanol–water partition coefficient (Wildman–Crippen LogP) is 4.22. The molecule has 0 atom stereocenters. The zero-order valence-corrected chi connectivity index (χ0v) is 13.8. The summed E-state index contributed by atoms with van der Waals surface area (Å²) in [6.45, 7) is 2.19. The summed E-state index contributed by atoms with van der Waals surface area (Å²) in [6, 6.07) is 7.73. The summed E-state index contributed by atoms with van der Waals surface area (Å²) in [7, 11) is 0. The molecule has 0 aliphatic heterocycles. The van der Waals surface area contributed by atoms with Crippen LogP contribution in [-0.4, -0.2) is 17.0 Å². The number of ether oxygens (including phenoxy) is 1. The molecule has 0 spiro atoms. The van der Waals surface area contributed by atoms with Gasteiger partial charge in [0, 0.05) is 0 Å². The van der Waals surface area contributed by atoms with Crippen LogP contribution in [0.5, 0.6) is 5.75 Å². The van der Waals surface area contributed by atoms with Crippen LogP contribution in [0.1, 0.15) is 57.4 Å². The summed E-state index contributed by atoms with van der Waals surface area (Å²) < 4.78 is 5.44. The predicted molar refractivity (Wildman–Crippen MR) is 88.4 cm³/mol. The van der Waals surface area contributed by atoms with Crippen LogP contribution in [0.25, 0.3) is 0 Å². The zero-order chi connectivity index (χ0) is 16.7. The number of esters is 1. The monoisotopic (exact) mass is 318 g/mol. The molecule has 1 saturated carbocycles. The Balaban J connectivity index is 1.80. The van der Waals surface area contributed by atoms with E-state index < -0.39 is 5.97 Å². The largest absolute Gasteiger partial charge is 0.481 e. The van der Waals surface area contributed by atoms with Crippen molar-refractivity contribution in [1.29, 1.82) is 0 Å². The molecule has 1 aromatic carbocycles. The smallest absolute Gasteiger partial charge is 0.314 e. The maximum absolute atomic E-state index is 12.2. The summed E-state index contributed by atoms with van der Waals surface area (Å²) in [6.07, 6.45) is 7.01. The van der Waals surface area contributed by atoms with E-state index in [1.165, 1.54) is 24.8 Å². The van der Waals surface area contributed by atoms with E-state index in [9.17, 15) is 9.59 Å². The first-order valence-electron chi connectivity index (χ1n) is 8.63. The van der Waals surface area contributed by atoms with Gasteiger partial charge in [-0.05, 0) is 56.2 Å². The van der Waals surface area contributed by atoms with Gasteiger partial charge in [0.05, 0.1) is 11.8 Å². The topological polar surface area (TPSA) is 63.6 Å². The molecule has 0 radical (unpaired) electrons. The van der Waals surface area contributed by atoms with E-state index in [-0.39, 0.29) is 17.8 Å². The van der Waals surface area contributed by atoms with Crippen LogP contribution in [0.4, 0.5) is 0 Å². The first-order valence-corrected chi connectivity index (χ1v) is 8.63. The molecule has 126 valence electrons. The number of hydrogen-bond acceptors (Lipinski definition) is 3. The lowest BCUT2D eigenvalue weighted by molar-refractivity contribution is -0.146. The number of unbranched alkanes of at least 4 members (excludes halogenated alkanes) is 2. The van der Waals surface area contributed by atoms with Crippen LogP contribution in [0.15, 0.2) is 24.3 Å². The Bertz CT molecular complexity index is 513.